The van der Waals surface area contributed by atoms with Gasteiger partial charge in [0.1, 0.15) is 17.7 Å². The number of morpholine rings is 2. The van der Waals surface area contributed by atoms with E-state index in [0.29, 0.717) is 85.6 Å². The van der Waals surface area contributed by atoms with Crippen molar-refractivity contribution < 1.29 is 18.3 Å². The van der Waals surface area contributed by atoms with Gasteiger partial charge in [-0.1, -0.05) is 17.3 Å². The Balaban J connectivity index is 1.03. The Morgan fingerprint density at radius 1 is 0.889 bits per heavy atom. The quantitative estimate of drug-likeness (QED) is 0.269. The third kappa shape index (κ3) is 6.18. The van der Waals surface area contributed by atoms with Gasteiger partial charge in [-0.2, -0.15) is 5.26 Å². The lowest BCUT2D eigenvalue weighted by Crippen LogP contribution is -2.45. The monoisotopic (exact) mass is 610 g/mol. The van der Waals surface area contributed by atoms with Crippen molar-refractivity contribution in [3.63, 3.8) is 0 Å². The van der Waals surface area contributed by atoms with Crippen LogP contribution in [0.25, 0.3) is 33.7 Å². The average molecular weight is 611 g/mol. The van der Waals surface area contributed by atoms with Crippen molar-refractivity contribution in [3.8, 4) is 28.5 Å². The van der Waals surface area contributed by atoms with Crippen LogP contribution >= 0.6 is 0 Å². The molecule has 3 aromatic heterocycles. The van der Waals surface area contributed by atoms with Gasteiger partial charge in [-0.3, -0.25) is 4.90 Å². The summed E-state index contributed by atoms with van der Waals surface area (Å²) in [7, 11) is 0. The minimum absolute atomic E-state index is 0.0727. The number of nitrogens with zero attached hydrogens (tertiary/aromatic N) is 10. The molecule has 1 atom stereocenters. The van der Waals surface area contributed by atoms with E-state index in [1.165, 1.54) is 24.4 Å². The zero-order chi connectivity index (χ0) is 30.8. The second-order valence-electron chi connectivity index (χ2n) is 10.9. The van der Waals surface area contributed by atoms with Gasteiger partial charge in [-0.25, -0.2) is 33.4 Å². The summed E-state index contributed by atoms with van der Waals surface area (Å²) in [5, 5.41) is 17.5. The third-order valence-electron chi connectivity index (χ3n) is 7.93. The Kier molecular flexibility index (Phi) is 8.04. The first-order chi connectivity index (χ1) is 22.0. The Morgan fingerprint density at radius 3 is 2.51 bits per heavy atom. The van der Waals surface area contributed by atoms with Crippen LogP contribution < -0.4 is 4.90 Å². The first kappa shape index (κ1) is 28.8. The highest BCUT2D eigenvalue weighted by Gasteiger charge is 2.25. The third-order valence-corrected chi connectivity index (χ3v) is 7.93. The molecule has 0 N–H and O–H groups in total. The molecule has 5 heterocycles. The number of halogens is 2. The summed E-state index contributed by atoms with van der Waals surface area (Å²) in [6, 6.07) is 11.3. The van der Waals surface area contributed by atoms with E-state index in [1.54, 1.807) is 23.1 Å². The Hall–Kier alpha value is -4.97. The molecule has 2 aliphatic heterocycles. The van der Waals surface area contributed by atoms with E-state index in [0.717, 1.165) is 18.7 Å². The molecule has 45 heavy (non-hydrogen) atoms. The molecule has 0 unspecified atom stereocenters. The molecule has 0 aliphatic carbocycles. The predicted octanol–water partition coefficient (Wildman–Crippen LogP) is 3.23. The van der Waals surface area contributed by atoms with Crippen LogP contribution in [0.1, 0.15) is 11.1 Å². The van der Waals surface area contributed by atoms with E-state index in [4.69, 9.17) is 9.47 Å². The summed E-state index contributed by atoms with van der Waals surface area (Å²) in [5.41, 5.74) is 3.86. The van der Waals surface area contributed by atoms with Gasteiger partial charge in [-0.05, 0) is 29.8 Å². The highest BCUT2D eigenvalue weighted by atomic mass is 19.1. The number of hydrogen-bond donors (Lipinski definition) is 0. The molecule has 2 aliphatic rings. The van der Waals surface area contributed by atoms with Crippen LogP contribution in [0.4, 0.5) is 14.7 Å². The van der Waals surface area contributed by atoms with Gasteiger partial charge in [0.05, 0.1) is 49.9 Å². The first-order valence-corrected chi connectivity index (χ1v) is 14.6. The lowest BCUT2D eigenvalue weighted by Gasteiger charge is -2.32. The number of rotatable bonds is 7. The van der Waals surface area contributed by atoms with E-state index in [-0.39, 0.29) is 17.5 Å². The summed E-state index contributed by atoms with van der Waals surface area (Å²) in [6.45, 7) is 5.41. The van der Waals surface area contributed by atoms with E-state index < -0.39 is 5.82 Å². The van der Waals surface area contributed by atoms with Gasteiger partial charge < -0.3 is 14.4 Å². The zero-order valence-corrected chi connectivity index (χ0v) is 24.2. The van der Waals surface area contributed by atoms with Gasteiger partial charge in [0.25, 0.3) is 0 Å². The van der Waals surface area contributed by atoms with E-state index in [1.807, 2.05) is 23.1 Å². The fourth-order valence-electron chi connectivity index (χ4n) is 5.48. The molecule has 12 nitrogen and oxygen atoms in total. The van der Waals surface area contributed by atoms with E-state index in [9.17, 15) is 14.0 Å². The Morgan fingerprint density at radius 2 is 1.71 bits per heavy atom. The van der Waals surface area contributed by atoms with Crippen LogP contribution in [0, 0.1) is 23.0 Å². The van der Waals surface area contributed by atoms with Crippen LogP contribution in [0.3, 0.4) is 0 Å². The molecule has 2 fully saturated rings. The molecule has 7 rings (SSSR count). The molecule has 2 aromatic carbocycles. The molecule has 0 spiro atoms. The van der Waals surface area contributed by atoms with Gasteiger partial charge in [0.15, 0.2) is 5.65 Å². The zero-order valence-electron chi connectivity index (χ0n) is 24.2. The summed E-state index contributed by atoms with van der Waals surface area (Å²) in [5.74, 6) is -0.296. The molecule has 228 valence electrons. The lowest BCUT2D eigenvalue weighted by atomic mass is 10.1. The molecule has 0 saturated carbocycles. The Labute approximate surface area is 256 Å². The molecule has 14 heteroatoms. The van der Waals surface area contributed by atoms with Crippen molar-refractivity contribution in [1.29, 1.82) is 5.26 Å². The van der Waals surface area contributed by atoms with Crippen LogP contribution in [0.15, 0.2) is 55.0 Å². The van der Waals surface area contributed by atoms with Crippen molar-refractivity contribution in [2.75, 3.05) is 50.9 Å². The van der Waals surface area contributed by atoms with Gasteiger partial charge in [0, 0.05) is 61.8 Å². The van der Waals surface area contributed by atoms with E-state index in [2.05, 4.69) is 35.1 Å². The molecular formula is C31H28F2N10O2. The highest BCUT2D eigenvalue weighted by molar-refractivity contribution is 5.70. The normalized spacial score (nSPS) is 17.4. The molecule has 0 radical (unpaired) electrons. The molecule has 0 bridgehead atoms. The number of nitriles is 1. The fourth-order valence-corrected chi connectivity index (χ4v) is 5.48. The summed E-state index contributed by atoms with van der Waals surface area (Å²) < 4.78 is 41.8. The minimum Gasteiger partial charge on any atom is -0.379 e. The number of anilines is 1. The van der Waals surface area contributed by atoms with Gasteiger partial charge in [-0.15, -0.1) is 5.10 Å². The second-order valence-corrected chi connectivity index (χ2v) is 10.9. The van der Waals surface area contributed by atoms with Crippen molar-refractivity contribution in [1.82, 2.24) is 39.8 Å². The Bertz CT molecular complexity index is 1870. The number of hydrogen-bond acceptors (Lipinski definition) is 11. The largest absolute Gasteiger partial charge is 0.379 e. The predicted molar refractivity (Wildman–Crippen MR) is 159 cm³/mol. The lowest BCUT2D eigenvalue weighted by molar-refractivity contribution is 0.0273. The molecule has 2 saturated heterocycles. The topological polar surface area (TPSA) is 131 Å². The summed E-state index contributed by atoms with van der Waals surface area (Å²) in [4.78, 5) is 22.4. The van der Waals surface area contributed by atoms with Crippen LogP contribution in [-0.2, 0) is 22.6 Å². The molecule has 5 aromatic rings. The summed E-state index contributed by atoms with van der Waals surface area (Å²) in [6.07, 6.45) is 4.67. The number of aromatic nitrogens is 7. The van der Waals surface area contributed by atoms with Gasteiger partial charge >= 0.3 is 0 Å². The van der Waals surface area contributed by atoms with Crippen LogP contribution in [0.2, 0.25) is 0 Å². The van der Waals surface area contributed by atoms with E-state index >= 15 is 0 Å². The maximum absolute atomic E-state index is 14.9. The van der Waals surface area contributed by atoms with Gasteiger partial charge in [0.2, 0.25) is 11.6 Å². The fraction of sp³-hybridized carbons (Fsp3) is 0.323. The van der Waals surface area contributed by atoms with Crippen molar-refractivity contribution in [2.24, 2.45) is 0 Å². The highest BCUT2D eigenvalue weighted by Crippen LogP contribution is 2.25. The second kappa shape index (κ2) is 12.6. The first-order valence-electron chi connectivity index (χ1n) is 14.6. The average Bonchev–Trinajstić information content (AvgIpc) is 3.48. The number of ether oxygens (including phenoxy) is 2. The molecule has 0 amide bonds. The summed E-state index contributed by atoms with van der Waals surface area (Å²) >= 11 is 0. The maximum atomic E-state index is 14.9. The van der Waals surface area contributed by atoms with Crippen molar-refractivity contribution in [3.05, 3.63) is 77.8 Å². The van der Waals surface area contributed by atoms with Crippen LogP contribution in [0.5, 0.6) is 0 Å². The maximum Gasteiger partial charge on any atom is 0.225 e. The minimum atomic E-state index is -0.595. The standard InChI is InChI=1S/C31H28F2N10O2/c32-26-4-3-21(11-23(26)13-34)28-16-35-29-30(38-28)43(40-39-29)19-25-18-42(7-10-45-25)31-36-14-24(15-37-31)20-1-2-22(27(33)12-20)17-41-5-8-44-9-6-41/h1-4,11-12,14-16,25H,5-10,17-19H2/t25-/m0/s1. The number of fused-ring (bicyclic) bond motifs is 1. The molecular weight excluding hydrogens is 582 g/mol. The van der Waals surface area contributed by atoms with Crippen LogP contribution in [-0.4, -0.2) is 91.9 Å². The van der Waals surface area contributed by atoms with Crippen molar-refractivity contribution >= 4 is 17.2 Å². The SMILES string of the molecule is N#Cc1cc(-c2cnc3nnn(C[C@@H]4CN(c5ncc(-c6ccc(CN7CCOCC7)c(F)c6)cn5)CCO4)c3n2)ccc1F. The smallest absolute Gasteiger partial charge is 0.225 e. The van der Waals surface area contributed by atoms with Crippen molar-refractivity contribution in [2.45, 2.75) is 19.2 Å². The number of benzene rings is 2.